The summed E-state index contributed by atoms with van der Waals surface area (Å²) in [6.45, 7) is 10.3. The van der Waals surface area contributed by atoms with Gasteiger partial charge in [0, 0.05) is 15.8 Å². The Morgan fingerprint density at radius 3 is 2.43 bits per heavy atom. The van der Waals surface area contributed by atoms with E-state index in [0.717, 1.165) is 10.4 Å². The summed E-state index contributed by atoms with van der Waals surface area (Å²) in [7, 11) is 0. The molecule has 1 spiro atoms. The van der Waals surface area contributed by atoms with E-state index in [-0.39, 0.29) is 0 Å². The Balaban J connectivity index is 1.58. The third kappa shape index (κ3) is 2.29. The van der Waals surface area contributed by atoms with E-state index < -0.39 is 0 Å². The fourth-order valence-corrected chi connectivity index (χ4v) is 8.45. The molecule has 0 N–H and O–H groups in total. The fraction of sp³-hybridized carbons (Fsp3) is 0.500. The van der Waals surface area contributed by atoms with Crippen LogP contribution in [0, 0.1) is 28.1 Å². The maximum absolute atomic E-state index is 3.63. The Morgan fingerprint density at radius 1 is 0.933 bits per heavy atom. The molecule has 2 heteroatoms. The molecule has 0 aromatic heterocycles. The molecule has 1 aliphatic heterocycles. The lowest BCUT2D eigenvalue weighted by Crippen LogP contribution is -2.57. The van der Waals surface area contributed by atoms with Crippen LogP contribution < -0.4 is 4.90 Å². The minimum absolute atomic E-state index is 0.349. The van der Waals surface area contributed by atoms with Gasteiger partial charge in [-0.25, -0.2) is 0 Å². The highest BCUT2D eigenvalue weighted by atomic mass is 79.9. The first kappa shape index (κ1) is 19.2. The van der Waals surface area contributed by atoms with Gasteiger partial charge in [0.1, 0.15) is 0 Å². The van der Waals surface area contributed by atoms with Crippen molar-refractivity contribution in [3.63, 3.8) is 0 Å². The highest BCUT2D eigenvalue weighted by molar-refractivity contribution is 9.10. The Bertz CT molecular complexity index is 1050. The predicted molar refractivity (Wildman–Crippen MR) is 130 cm³/mol. The van der Waals surface area contributed by atoms with E-state index >= 15 is 0 Å². The number of fused-ring (bicyclic) bond motifs is 4. The van der Waals surface area contributed by atoms with Gasteiger partial charge in [-0.1, -0.05) is 67.9 Å². The van der Waals surface area contributed by atoms with Crippen molar-refractivity contribution in [2.75, 3.05) is 4.90 Å². The normalized spacial score (nSPS) is 34.8. The summed E-state index contributed by atoms with van der Waals surface area (Å²) >= 11 is 3.63. The molecule has 2 bridgehead atoms. The molecule has 0 radical (unpaired) electrons. The van der Waals surface area contributed by atoms with E-state index in [1.165, 1.54) is 42.6 Å². The molecule has 2 aromatic carbocycles. The van der Waals surface area contributed by atoms with Crippen LogP contribution in [-0.4, -0.2) is 6.04 Å². The third-order valence-electron chi connectivity index (χ3n) is 9.60. The topological polar surface area (TPSA) is 3.24 Å². The first-order valence-electron chi connectivity index (χ1n) is 11.6. The molecule has 30 heavy (non-hydrogen) atoms. The molecule has 3 saturated carbocycles. The van der Waals surface area contributed by atoms with Crippen LogP contribution >= 0.6 is 15.9 Å². The van der Waals surface area contributed by atoms with Crippen molar-refractivity contribution in [2.24, 2.45) is 28.1 Å². The first-order valence-corrected chi connectivity index (χ1v) is 12.4. The van der Waals surface area contributed by atoms with Gasteiger partial charge in [0.2, 0.25) is 0 Å². The van der Waals surface area contributed by atoms with E-state index in [1.54, 1.807) is 5.57 Å². The number of halogens is 1. The molecule has 0 saturated heterocycles. The summed E-state index contributed by atoms with van der Waals surface area (Å²) in [6, 6.07) is 18.4. The third-order valence-corrected chi connectivity index (χ3v) is 10.1. The van der Waals surface area contributed by atoms with Crippen LogP contribution in [0.15, 0.2) is 58.6 Å². The lowest BCUT2D eigenvalue weighted by molar-refractivity contribution is -0.0384. The summed E-state index contributed by atoms with van der Waals surface area (Å²) in [5.41, 5.74) is 6.99. The highest BCUT2D eigenvalue weighted by Gasteiger charge is 2.70. The van der Waals surface area contributed by atoms with Gasteiger partial charge in [-0.15, -0.1) is 0 Å². The lowest BCUT2D eigenvalue weighted by atomic mass is 9.46. The zero-order valence-corrected chi connectivity index (χ0v) is 20.2. The molecule has 3 fully saturated rings. The Labute approximate surface area is 189 Å². The first-order chi connectivity index (χ1) is 14.2. The average Bonchev–Trinajstić information content (AvgIpc) is 3.24. The quantitative estimate of drug-likeness (QED) is 0.413. The van der Waals surface area contributed by atoms with Gasteiger partial charge in [-0.3, -0.25) is 0 Å². The molecular weight excluding hydrogens is 430 g/mol. The molecular formula is C28H32BrN. The minimum Gasteiger partial charge on any atom is -0.334 e. The largest absolute Gasteiger partial charge is 0.334 e. The minimum atomic E-state index is 0.349. The van der Waals surface area contributed by atoms with Crippen LogP contribution in [0.5, 0.6) is 0 Å². The second-order valence-electron chi connectivity index (χ2n) is 11.5. The molecule has 6 rings (SSSR count). The molecule has 4 unspecified atom stereocenters. The Morgan fingerprint density at radius 2 is 1.67 bits per heavy atom. The lowest BCUT2D eigenvalue weighted by Gasteiger charge is -2.61. The average molecular weight is 462 g/mol. The Kier molecular flexibility index (Phi) is 3.85. The second-order valence-corrected chi connectivity index (χ2v) is 12.4. The molecule has 2 aromatic rings. The SMILES string of the molecule is CC1(C)C2CCC3(C2)C1C1=Cc2ccccc2N(c2ccc(Br)cc2)C1CC3(C)C. The summed E-state index contributed by atoms with van der Waals surface area (Å²) in [4.78, 5) is 2.66. The summed E-state index contributed by atoms with van der Waals surface area (Å²) < 4.78 is 1.14. The number of rotatable bonds is 1. The molecule has 3 aliphatic carbocycles. The maximum Gasteiger partial charge on any atom is 0.0563 e. The van der Waals surface area contributed by atoms with Crippen LogP contribution in [0.3, 0.4) is 0 Å². The van der Waals surface area contributed by atoms with Gasteiger partial charge < -0.3 is 4.90 Å². The van der Waals surface area contributed by atoms with Crippen molar-refractivity contribution < 1.29 is 0 Å². The van der Waals surface area contributed by atoms with Crippen LogP contribution in [0.4, 0.5) is 11.4 Å². The number of hydrogen-bond donors (Lipinski definition) is 0. The number of anilines is 2. The molecule has 4 aliphatic rings. The summed E-state index contributed by atoms with van der Waals surface area (Å²) in [6.07, 6.45) is 8.12. The molecule has 156 valence electrons. The van der Waals surface area contributed by atoms with Crippen molar-refractivity contribution in [1.29, 1.82) is 0 Å². The van der Waals surface area contributed by atoms with Gasteiger partial charge in [-0.05, 0) is 95.2 Å². The standard InChI is InChI=1S/C28H32BrN/c1-26(2)17-24-22(25-27(3,4)19-13-14-28(25,26)16-19)15-18-7-5-6-8-23(18)30(24)21-11-9-20(29)10-12-21/h5-12,15,19,24-25H,13-14,16-17H2,1-4H3. The van der Waals surface area contributed by atoms with Gasteiger partial charge in [0.15, 0.2) is 0 Å². The van der Waals surface area contributed by atoms with Crippen LogP contribution in [-0.2, 0) is 0 Å². The van der Waals surface area contributed by atoms with Gasteiger partial charge in [-0.2, -0.15) is 0 Å². The van der Waals surface area contributed by atoms with Crippen molar-refractivity contribution >= 4 is 33.4 Å². The number of para-hydroxylation sites is 1. The van der Waals surface area contributed by atoms with Crippen molar-refractivity contribution in [1.82, 2.24) is 0 Å². The number of nitrogens with zero attached hydrogens (tertiary/aromatic N) is 1. The second kappa shape index (κ2) is 6.03. The van der Waals surface area contributed by atoms with Crippen LogP contribution in [0.25, 0.3) is 6.08 Å². The van der Waals surface area contributed by atoms with Gasteiger partial charge >= 0.3 is 0 Å². The smallest absolute Gasteiger partial charge is 0.0563 e. The van der Waals surface area contributed by atoms with Gasteiger partial charge in [0.25, 0.3) is 0 Å². The predicted octanol–water partition coefficient (Wildman–Crippen LogP) is 8.23. The van der Waals surface area contributed by atoms with Crippen molar-refractivity contribution in [3.05, 3.63) is 64.1 Å². The van der Waals surface area contributed by atoms with Crippen LogP contribution in [0.1, 0.15) is 58.9 Å². The van der Waals surface area contributed by atoms with E-state index in [4.69, 9.17) is 0 Å². The highest BCUT2D eigenvalue weighted by Crippen LogP contribution is 2.77. The monoisotopic (exact) mass is 461 g/mol. The fourth-order valence-electron chi connectivity index (χ4n) is 8.19. The van der Waals surface area contributed by atoms with Crippen LogP contribution in [0.2, 0.25) is 0 Å². The molecule has 4 atom stereocenters. The zero-order chi connectivity index (χ0) is 20.9. The zero-order valence-electron chi connectivity index (χ0n) is 18.6. The summed E-state index contributed by atoms with van der Waals surface area (Å²) in [5, 5.41) is 0. The van der Waals surface area contributed by atoms with E-state index in [9.17, 15) is 0 Å². The number of hydrogen-bond acceptors (Lipinski definition) is 1. The molecule has 0 amide bonds. The summed E-state index contributed by atoms with van der Waals surface area (Å²) in [5.74, 6) is 1.56. The maximum atomic E-state index is 3.63. The number of benzene rings is 2. The molecule has 1 heterocycles. The van der Waals surface area contributed by atoms with Gasteiger partial charge in [0.05, 0.1) is 6.04 Å². The molecule has 1 nitrogen and oxygen atoms in total. The van der Waals surface area contributed by atoms with E-state index in [2.05, 4.69) is 103 Å². The van der Waals surface area contributed by atoms with E-state index in [1.807, 2.05) is 0 Å². The van der Waals surface area contributed by atoms with Crippen molar-refractivity contribution in [3.8, 4) is 0 Å². The van der Waals surface area contributed by atoms with E-state index in [0.29, 0.717) is 28.2 Å². The van der Waals surface area contributed by atoms with Crippen molar-refractivity contribution in [2.45, 2.75) is 59.4 Å². The Hall–Kier alpha value is -1.54.